The van der Waals surface area contributed by atoms with Gasteiger partial charge < -0.3 is 16.8 Å². The van der Waals surface area contributed by atoms with Crippen LogP contribution in [-0.4, -0.2) is 17.4 Å². The van der Waals surface area contributed by atoms with E-state index in [0.29, 0.717) is 6.54 Å². The van der Waals surface area contributed by atoms with Gasteiger partial charge in [-0.15, -0.1) is 0 Å². The summed E-state index contributed by atoms with van der Waals surface area (Å²) in [5.41, 5.74) is 11.5. The lowest BCUT2D eigenvalue weighted by Crippen LogP contribution is -2.53. The third kappa shape index (κ3) is 3.85. The molecule has 0 unspecified atom stereocenters. The Balaban J connectivity index is 2.62. The van der Waals surface area contributed by atoms with E-state index in [1.165, 1.54) is 0 Å². The van der Waals surface area contributed by atoms with E-state index >= 15 is 0 Å². The molecule has 0 aromatic heterocycles. The van der Waals surface area contributed by atoms with E-state index in [1.54, 1.807) is 13.8 Å². The van der Waals surface area contributed by atoms with E-state index in [9.17, 15) is 9.59 Å². The molecule has 1 rings (SSSR count). The Morgan fingerprint density at radius 2 is 1.67 bits per heavy atom. The molecule has 0 spiro atoms. The predicted octanol–water partition coefficient (Wildman–Crippen LogP) is 0.0679. The Kier molecular flexibility index (Phi) is 4.44. The standard InChI is InChI=1S/C13H19N3O2/c1-13(2,12(15)18)16-11(17)7-9-3-5-10(8-14)6-4-9/h3-6H,7-8,14H2,1-2H3,(H2,15,18)(H,16,17). The molecule has 98 valence electrons. The third-order valence-corrected chi connectivity index (χ3v) is 2.69. The Labute approximate surface area is 107 Å². The van der Waals surface area contributed by atoms with E-state index in [1.807, 2.05) is 24.3 Å². The third-order valence-electron chi connectivity index (χ3n) is 2.69. The summed E-state index contributed by atoms with van der Waals surface area (Å²) in [5.74, 6) is -0.798. The fourth-order valence-corrected chi connectivity index (χ4v) is 1.43. The van der Waals surface area contributed by atoms with Gasteiger partial charge >= 0.3 is 0 Å². The van der Waals surface area contributed by atoms with Crippen LogP contribution in [0.3, 0.4) is 0 Å². The van der Waals surface area contributed by atoms with Crippen molar-refractivity contribution in [1.82, 2.24) is 5.32 Å². The molecular weight excluding hydrogens is 230 g/mol. The van der Waals surface area contributed by atoms with Gasteiger partial charge in [0, 0.05) is 6.54 Å². The molecule has 0 aliphatic carbocycles. The van der Waals surface area contributed by atoms with Crippen LogP contribution in [0.15, 0.2) is 24.3 Å². The first-order valence-electron chi connectivity index (χ1n) is 5.74. The number of rotatable bonds is 5. The molecule has 0 saturated carbocycles. The van der Waals surface area contributed by atoms with Crippen molar-refractivity contribution >= 4 is 11.8 Å². The van der Waals surface area contributed by atoms with Gasteiger partial charge in [0.05, 0.1) is 6.42 Å². The van der Waals surface area contributed by atoms with E-state index in [0.717, 1.165) is 11.1 Å². The van der Waals surface area contributed by atoms with Crippen LogP contribution in [0.2, 0.25) is 0 Å². The minimum atomic E-state index is -1.03. The van der Waals surface area contributed by atoms with Crippen LogP contribution in [0.25, 0.3) is 0 Å². The second kappa shape index (κ2) is 5.64. The number of carbonyl (C=O) groups is 2. The minimum Gasteiger partial charge on any atom is -0.368 e. The fourth-order valence-electron chi connectivity index (χ4n) is 1.43. The molecule has 0 bridgehead atoms. The van der Waals surface area contributed by atoms with E-state index in [4.69, 9.17) is 11.5 Å². The molecule has 1 aromatic rings. The normalized spacial score (nSPS) is 11.1. The van der Waals surface area contributed by atoms with E-state index in [2.05, 4.69) is 5.32 Å². The lowest BCUT2D eigenvalue weighted by Gasteiger charge is -2.22. The summed E-state index contributed by atoms with van der Waals surface area (Å²) in [5, 5.41) is 2.59. The summed E-state index contributed by atoms with van der Waals surface area (Å²) in [6.07, 6.45) is 0.210. The van der Waals surface area contributed by atoms with Gasteiger partial charge in [0.2, 0.25) is 11.8 Å². The highest BCUT2D eigenvalue weighted by atomic mass is 16.2. The molecular formula is C13H19N3O2. The largest absolute Gasteiger partial charge is 0.368 e. The van der Waals surface area contributed by atoms with Crippen LogP contribution in [0.1, 0.15) is 25.0 Å². The molecule has 2 amide bonds. The topological polar surface area (TPSA) is 98.2 Å². The predicted molar refractivity (Wildman–Crippen MR) is 69.5 cm³/mol. The van der Waals surface area contributed by atoms with Gasteiger partial charge in [0.1, 0.15) is 5.54 Å². The Hall–Kier alpha value is -1.88. The van der Waals surface area contributed by atoms with Gasteiger partial charge in [-0.05, 0) is 25.0 Å². The maximum absolute atomic E-state index is 11.7. The average Bonchev–Trinajstić information content (AvgIpc) is 2.29. The number of amides is 2. The number of benzene rings is 1. The zero-order chi connectivity index (χ0) is 13.8. The van der Waals surface area contributed by atoms with Crippen LogP contribution in [-0.2, 0) is 22.6 Å². The molecule has 0 radical (unpaired) electrons. The molecule has 0 aliphatic heterocycles. The fraction of sp³-hybridized carbons (Fsp3) is 0.385. The molecule has 5 N–H and O–H groups in total. The highest BCUT2D eigenvalue weighted by Gasteiger charge is 2.26. The number of carbonyl (C=O) groups excluding carboxylic acids is 2. The summed E-state index contributed by atoms with van der Waals surface area (Å²) in [6.45, 7) is 3.62. The highest BCUT2D eigenvalue weighted by Crippen LogP contribution is 2.06. The number of hydrogen-bond donors (Lipinski definition) is 3. The van der Waals surface area contributed by atoms with Crippen LogP contribution < -0.4 is 16.8 Å². The molecule has 0 heterocycles. The molecule has 0 atom stereocenters. The molecule has 18 heavy (non-hydrogen) atoms. The van der Waals surface area contributed by atoms with E-state index in [-0.39, 0.29) is 12.3 Å². The van der Waals surface area contributed by atoms with Crippen molar-refractivity contribution in [3.8, 4) is 0 Å². The van der Waals surface area contributed by atoms with Crippen LogP contribution in [0.4, 0.5) is 0 Å². The zero-order valence-corrected chi connectivity index (χ0v) is 10.7. The van der Waals surface area contributed by atoms with Crippen LogP contribution in [0, 0.1) is 0 Å². The maximum atomic E-state index is 11.7. The minimum absolute atomic E-state index is 0.210. The molecule has 0 saturated heterocycles. The first-order chi connectivity index (χ1) is 8.35. The zero-order valence-electron chi connectivity index (χ0n) is 10.7. The first kappa shape index (κ1) is 14.2. The molecule has 0 fully saturated rings. The van der Waals surface area contributed by atoms with Crippen molar-refractivity contribution in [3.63, 3.8) is 0 Å². The quantitative estimate of drug-likeness (QED) is 0.688. The number of hydrogen-bond acceptors (Lipinski definition) is 3. The van der Waals surface area contributed by atoms with Gasteiger partial charge in [0.25, 0.3) is 0 Å². The van der Waals surface area contributed by atoms with E-state index < -0.39 is 11.4 Å². The summed E-state index contributed by atoms with van der Waals surface area (Å²) in [6, 6.07) is 7.45. The second-order valence-corrected chi connectivity index (χ2v) is 4.73. The van der Waals surface area contributed by atoms with Crippen molar-refractivity contribution in [1.29, 1.82) is 0 Å². The lowest BCUT2D eigenvalue weighted by atomic mass is 10.0. The molecule has 5 nitrogen and oxygen atoms in total. The van der Waals surface area contributed by atoms with Gasteiger partial charge in [-0.2, -0.15) is 0 Å². The van der Waals surface area contributed by atoms with Crippen molar-refractivity contribution in [3.05, 3.63) is 35.4 Å². The molecule has 0 aliphatic rings. The van der Waals surface area contributed by atoms with Gasteiger partial charge in [-0.3, -0.25) is 9.59 Å². The van der Waals surface area contributed by atoms with Crippen molar-refractivity contribution < 1.29 is 9.59 Å². The van der Waals surface area contributed by atoms with Gasteiger partial charge in [-0.25, -0.2) is 0 Å². The average molecular weight is 249 g/mol. The van der Waals surface area contributed by atoms with Gasteiger partial charge in [-0.1, -0.05) is 24.3 Å². The summed E-state index contributed by atoms with van der Waals surface area (Å²) >= 11 is 0. The Morgan fingerprint density at radius 3 is 2.11 bits per heavy atom. The van der Waals surface area contributed by atoms with Crippen molar-refractivity contribution in [2.75, 3.05) is 0 Å². The number of nitrogens with one attached hydrogen (secondary N) is 1. The molecule has 1 aromatic carbocycles. The Bertz CT molecular complexity index is 438. The first-order valence-corrected chi connectivity index (χ1v) is 5.74. The maximum Gasteiger partial charge on any atom is 0.242 e. The second-order valence-electron chi connectivity index (χ2n) is 4.73. The SMILES string of the molecule is CC(C)(NC(=O)Cc1ccc(CN)cc1)C(N)=O. The smallest absolute Gasteiger partial charge is 0.242 e. The monoisotopic (exact) mass is 249 g/mol. The van der Waals surface area contributed by atoms with Gasteiger partial charge in [0.15, 0.2) is 0 Å². The number of nitrogens with two attached hydrogens (primary N) is 2. The summed E-state index contributed by atoms with van der Waals surface area (Å²) in [7, 11) is 0. The van der Waals surface area contributed by atoms with Crippen LogP contribution >= 0.6 is 0 Å². The van der Waals surface area contributed by atoms with Crippen LogP contribution in [0.5, 0.6) is 0 Å². The summed E-state index contributed by atoms with van der Waals surface area (Å²) < 4.78 is 0. The van der Waals surface area contributed by atoms with Crippen molar-refractivity contribution in [2.24, 2.45) is 11.5 Å². The summed E-state index contributed by atoms with van der Waals surface area (Å²) in [4.78, 5) is 22.8. The number of primary amides is 1. The lowest BCUT2D eigenvalue weighted by molar-refractivity contribution is -0.130. The Morgan fingerprint density at radius 1 is 1.17 bits per heavy atom. The molecule has 5 heteroatoms. The highest BCUT2D eigenvalue weighted by molar-refractivity contribution is 5.90. The van der Waals surface area contributed by atoms with Crippen molar-refractivity contribution in [2.45, 2.75) is 32.4 Å².